The first-order valence-electron chi connectivity index (χ1n) is 9.00. The first-order chi connectivity index (χ1) is 12.3. The van der Waals surface area contributed by atoms with E-state index < -0.39 is 0 Å². The minimum Gasteiger partial charge on any atom is -0.490 e. The molecule has 6 nitrogen and oxygen atoms in total. The third-order valence-electron chi connectivity index (χ3n) is 4.43. The summed E-state index contributed by atoms with van der Waals surface area (Å²) in [6.07, 6.45) is 5.77. The number of aromatic nitrogens is 2. The van der Waals surface area contributed by atoms with Crippen LogP contribution in [0.4, 0.5) is 0 Å². The standard InChI is InChI=1S/C19H27N5O/c1-3-20-19(22-14-16-11-12-23-24(16)2)21-13-15-7-4-5-10-18(15)25-17-8-6-9-17/h4-5,7,10-12,17H,3,6,8-9,13-14H2,1-2H3,(H2,20,21,22). The summed E-state index contributed by atoms with van der Waals surface area (Å²) in [6.45, 7) is 4.15. The number of hydrogen-bond acceptors (Lipinski definition) is 3. The van der Waals surface area contributed by atoms with Gasteiger partial charge in [-0.25, -0.2) is 4.99 Å². The second-order valence-electron chi connectivity index (χ2n) is 6.27. The zero-order valence-electron chi connectivity index (χ0n) is 15.0. The molecule has 1 heterocycles. The summed E-state index contributed by atoms with van der Waals surface area (Å²) in [4.78, 5) is 4.71. The molecular formula is C19H27N5O. The molecule has 0 atom stereocenters. The maximum absolute atomic E-state index is 6.09. The first kappa shape index (κ1) is 17.3. The Hall–Kier alpha value is -2.50. The molecule has 1 fully saturated rings. The molecule has 1 aliphatic carbocycles. The van der Waals surface area contributed by atoms with Gasteiger partial charge in [0.1, 0.15) is 5.75 Å². The van der Waals surface area contributed by atoms with Crippen molar-refractivity contribution in [2.24, 2.45) is 12.0 Å². The molecule has 1 aliphatic rings. The second kappa shape index (κ2) is 8.55. The number of ether oxygens (including phenoxy) is 1. The molecule has 6 heteroatoms. The lowest BCUT2D eigenvalue weighted by molar-refractivity contribution is 0.119. The quantitative estimate of drug-likeness (QED) is 0.600. The van der Waals surface area contributed by atoms with E-state index >= 15 is 0 Å². The zero-order chi connectivity index (χ0) is 17.5. The lowest BCUT2D eigenvalue weighted by Gasteiger charge is -2.27. The van der Waals surface area contributed by atoms with Gasteiger partial charge in [0.15, 0.2) is 5.96 Å². The Kier molecular flexibility index (Phi) is 5.93. The Morgan fingerprint density at radius 1 is 1.28 bits per heavy atom. The number of guanidine groups is 1. The second-order valence-corrected chi connectivity index (χ2v) is 6.27. The maximum atomic E-state index is 6.09. The van der Waals surface area contributed by atoms with Crippen LogP contribution < -0.4 is 15.4 Å². The largest absolute Gasteiger partial charge is 0.490 e. The average Bonchev–Trinajstić information content (AvgIpc) is 2.99. The van der Waals surface area contributed by atoms with Crippen molar-refractivity contribution in [2.75, 3.05) is 6.54 Å². The highest BCUT2D eigenvalue weighted by molar-refractivity contribution is 5.79. The molecule has 25 heavy (non-hydrogen) atoms. The van der Waals surface area contributed by atoms with E-state index in [1.807, 2.05) is 36.0 Å². The van der Waals surface area contributed by atoms with Crippen LogP contribution in [0.1, 0.15) is 37.4 Å². The van der Waals surface area contributed by atoms with E-state index in [1.165, 1.54) is 6.42 Å². The van der Waals surface area contributed by atoms with Crippen LogP contribution in [0.3, 0.4) is 0 Å². The molecule has 0 aliphatic heterocycles. The number of para-hydroxylation sites is 1. The molecule has 0 radical (unpaired) electrons. The minimum absolute atomic E-state index is 0.376. The van der Waals surface area contributed by atoms with E-state index in [0.717, 1.165) is 42.4 Å². The van der Waals surface area contributed by atoms with Crippen LogP contribution in [-0.4, -0.2) is 28.4 Å². The van der Waals surface area contributed by atoms with E-state index in [2.05, 4.69) is 28.7 Å². The van der Waals surface area contributed by atoms with Crippen LogP contribution in [0.2, 0.25) is 0 Å². The first-order valence-corrected chi connectivity index (χ1v) is 9.00. The van der Waals surface area contributed by atoms with E-state index in [4.69, 9.17) is 9.73 Å². The summed E-state index contributed by atoms with van der Waals surface area (Å²) >= 11 is 0. The summed E-state index contributed by atoms with van der Waals surface area (Å²) in [7, 11) is 1.94. The number of benzene rings is 1. The van der Waals surface area contributed by atoms with Crippen molar-refractivity contribution in [3.8, 4) is 5.75 Å². The fourth-order valence-corrected chi connectivity index (χ4v) is 2.67. The highest BCUT2D eigenvalue weighted by Crippen LogP contribution is 2.27. The topological polar surface area (TPSA) is 63.5 Å². The molecule has 1 aromatic heterocycles. The number of rotatable bonds is 7. The monoisotopic (exact) mass is 341 g/mol. The summed E-state index contributed by atoms with van der Waals surface area (Å²) in [5.74, 6) is 1.75. The van der Waals surface area contributed by atoms with Gasteiger partial charge in [-0.1, -0.05) is 18.2 Å². The third kappa shape index (κ3) is 4.75. The lowest BCUT2D eigenvalue weighted by Crippen LogP contribution is -2.37. The summed E-state index contributed by atoms with van der Waals surface area (Å²) in [5.41, 5.74) is 2.23. The molecule has 2 aromatic rings. The Bertz CT molecular complexity index is 705. The molecule has 0 spiro atoms. The Labute approximate surface area is 149 Å². The highest BCUT2D eigenvalue weighted by Gasteiger charge is 2.20. The normalized spacial score (nSPS) is 14.9. The molecule has 134 valence electrons. The molecule has 0 saturated heterocycles. The van der Waals surface area contributed by atoms with Gasteiger partial charge in [-0.05, 0) is 38.3 Å². The zero-order valence-corrected chi connectivity index (χ0v) is 15.0. The SMILES string of the molecule is CCNC(=NCc1ccccc1OC1CCC1)NCc1ccnn1C. The Balaban J connectivity index is 1.63. The van der Waals surface area contributed by atoms with E-state index in [1.54, 1.807) is 6.20 Å². The number of aliphatic imine (C=N–C) groups is 1. The van der Waals surface area contributed by atoms with Gasteiger partial charge in [-0.3, -0.25) is 4.68 Å². The van der Waals surface area contributed by atoms with Crippen molar-refractivity contribution in [3.05, 3.63) is 47.8 Å². The summed E-state index contributed by atoms with van der Waals surface area (Å²) in [5, 5.41) is 10.8. The number of nitrogens with one attached hydrogen (secondary N) is 2. The van der Waals surface area contributed by atoms with Gasteiger partial charge in [0.25, 0.3) is 0 Å². The molecular weight excluding hydrogens is 314 g/mol. The van der Waals surface area contributed by atoms with Crippen molar-refractivity contribution < 1.29 is 4.74 Å². The van der Waals surface area contributed by atoms with Crippen molar-refractivity contribution in [1.29, 1.82) is 0 Å². The maximum Gasteiger partial charge on any atom is 0.191 e. The predicted molar refractivity (Wildman–Crippen MR) is 99.6 cm³/mol. The van der Waals surface area contributed by atoms with Gasteiger partial charge in [-0.2, -0.15) is 5.10 Å². The molecule has 0 amide bonds. The Morgan fingerprint density at radius 3 is 2.80 bits per heavy atom. The van der Waals surface area contributed by atoms with Crippen molar-refractivity contribution in [3.63, 3.8) is 0 Å². The van der Waals surface area contributed by atoms with Crippen LogP contribution in [0.15, 0.2) is 41.5 Å². The highest BCUT2D eigenvalue weighted by atomic mass is 16.5. The molecule has 2 N–H and O–H groups in total. The lowest BCUT2D eigenvalue weighted by atomic mass is 9.96. The predicted octanol–water partition coefficient (Wildman–Crippen LogP) is 2.61. The van der Waals surface area contributed by atoms with Crippen molar-refractivity contribution in [2.45, 2.75) is 45.4 Å². The van der Waals surface area contributed by atoms with Crippen LogP contribution in [-0.2, 0) is 20.1 Å². The van der Waals surface area contributed by atoms with Crippen LogP contribution in [0.25, 0.3) is 0 Å². The van der Waals surface area contributed by atoms with E-state index in [9.17, 15) is 0 Å². The smallest absolute Gasteiger partial charge is 0.191 e. The van der Waals surface area contributed by atoms with Gasteiger partial charge >= 0.3 is 0 Å². The number of hydrogen-bond donors (Lipinski definition) is 2. The minimum atomic E-state index is 0.376. The van der Waals surface area contributed by atoms with Gasteiger partial charge in [0.05, 0.1) is 24.9 Å². The fourth-order valence-electron chi connectivity index (χ4n) is 2.67. The van der Waals surface area contributed by atoms with Gasteiger partial charge in [0, 0.05) is 25.4 Å². The third-order valence-corrected chi connectivity index (χ3v) is 4.43. The van der Waals surface area contributed by atoms with Crippen molar-refractivity contribution in [1.82, 2.24) is 20.4 Å². The van der Waals surface area contributed by atoms with Crippen LogP contribution in [0.5, 0.6) is 5.75 Å². The van der Waals surface area contributed by atoms with E-state index in [0.29, 0.717) is 19.2 Å². The molecule has 1 saturated carbocycles. The molecule has 1 aromatic carbocycles. The van der Waals surface area contributed by atoms with E-state index in [-0.39, 0.29) is 0 Å². The fraction of sp³-hybridized carbons (Fsp3) is 0.474. The van der Waals surface area contributed by atoms with Crippen molar-refractivity contribution >= 4 is 5.96 Å². The number of aryl methyl sites for hydroxylation is 1. The molecule has 0 unspecified atom stereocenters. The molecule has 3 rings (SSSR count). The Morgan fingerprint density at radius 2 is 2.12 bits per heavy atom. The van der Waals surface area contributed by atoms with Gasteiger partial charge in [0.2, 0.25) is 0 Å². The van der Waals surface area contributed by atoms with Gasteiger partial charge < -0.3 is 15.4 Å². The summed E-state index contributed by atoms with van der Waals surface area (Å²) in [6, 6.07) is 10.2. The average molecular weight is 341 g/mol. The van der Waals surface area contributed by atoms with Crippen LogP contribution >= 0.6 is 0 Å². The van der Waals surface area contributed by atoms with Gasteiger partial charge in [-0.15, -0.1) is 0 Å². The molecule has 0 bridgehead atoms. The summed E-state index contributed by atoms with van der Waals surface area (Å²) < 4.78 is 7.95. The number of nitrogens with zero attached hydrogens (tertiary/aromatic N) is 3. The van der Waals surface area contributed by atoms with Crippen LogP contribution in [0, 0.1) is 0 Å².